The smallest absolute Gasteiger partial charge is 0.410 e. The number of anilines is 2. The van der Waals surface area contributed by atoms with Crippen molar-refractivity contribution in [3.8, 4) is 16.9 Å². The molecule has 3 aliphatic rings. The molecule has 4 aromatic rings. The Balaban J connectivity index is 1.33. The van der Waals surface area contributed by atoms with E-state index in [0.29, 0.717) is 41.8 Å². The predicted octanol–water partition coefficient (Wildman–Crippen LogP) is 6.29. The summed E-state index contributed by atoms with van der Waals surface area (Å²) in [7, 11) is 4.08. The Kier molecular flexibility index (Phi) is 7.20. The SMILES string of the molecule is CN(C)C1CN(c2nc(N3C[C@H]4CC[C@@H](C3)N4C(=O)OC(C)(C)C)c3cc(Cl)c(-c4cc5ccccc5cc4O)c(F)c3n2)C1. The molecule has 4 heterocycles. The normalized spacial score (nSPS) is 20.4. The van der Waals surface area contributed by atoms with Gasteiger partial charge < -0.3 is 24.5 Å². The van der Waals surface area contributed by atoms with Crippen LogP contribution >= 0.6 is 11.6 Å². The number of hydrogen-bond donors (Lipinski definition) is 1. The van der Waals surface area contributed by atoms with Gasteiger partial charge in [0.2, 0.25) is 5.95 Å². The Hall–Kier alpha value is -3.89. The molecule has 1 amide bonds. The molecule has 11 heteroatoms. The van der Waals surface area contributed by atoms with Crippen molar-refractivity contribution >= 4 is 51.1 Å². The van der Waals surface area contributed by atoms with Crippen LogP contribution in [0.25, 0.3) is 32.8 Å². The molecular formula is C34H38ClFN6O3. The minimum Gasteiger partial charge on any atom is -0.507 e. The first-order valence-electron chi connectivity index (χ1n) is 15.5. The van der Waals surface area contributed by atoms with Gasteiger partial charge >= 0.3 is 6.09 Å². The third-order valence-corrected chi connectivity index (χ3v) is 9.54. The minimum absolute atomic E-state index is 0.0525. The fourth-order valence-electron chi connectivity index (χ4n) is 6.86. The summed E-state index contributed by atoms with van der Waals surface area (Å²) in [5, 5.41) is 13.4. The maximum Gasteiger partial charge on any atom is 0.410 e. The zero-order valence-corrected chi connectivity index (χ0v) is 27.0. The highest BCUT2D eigenvalue weighted by atomic mass is 35.5. The van der Waals surface area contributed by atoms with Crippen molar-refractivity contribution in [2.75, 3.05) is 50.1 Å². The van der Waals surface area contributed by atoms with Crippen LogP contribution in [-0.2, 0) is 4.74 Å². The number of nitrogens with zero attached hydrogens (tertiary/aromatic N) is 6. The Morgan fingerprint density at radius 3 is 2.27 bits per heavy atom. The van der Waals surface area contributed by atoms with E-state index >= 15 is 4.39 Å². The number of benzene rings is 3. The van der Waals surface area contributed by atoms with E-state index in [4.69, 9.17) is 26.3 Å². The highest BCUT2D eigenvalue weighted by Gasteiger charge is 2.45. The monoisotopic (exact) mass is 632 g/mol. The predicted molar refractivity (Wildman–Crippen MR) is 176 cm³/mol. The molecule has 0 spiro atoms. The number of aromatic hydroxyl groups is 1. The van der Waals surface area contributed by atoms with Crippen molar-refractivity contribution in [2.24, 2.45) is 0 Å². The van der Waals surface area contributed by atoms with Gasteiger partial charge in [0.1, 0.15) is 22.7 Å². The van der Waals surface area contributed by atoms with E-state index < -0.39 is 11.4 Å². The van der Waals surface area contributed by atoms with Gasteiger partial charge in [-0.3, -0.25) is 4.90 Å². The lowest BCUT2D eigenvalue weighted by molar-refractivity contribution is 0.0123. The van der Waals surface area contributed by atoms with Crippen LogP contribution in [0.1, 0.15) is 33.6 Å². The number of phenols is 1. The molecule has 7 rings (SSSR count). The standard InChI is InChI=1S/C34H38ClFN6O3/c1-34(2,3)45-33(44)42-21-10-11-22(42)16-40(15-21)31-25-14-26(35)28(24-12-19-8-6-7-9-20(19)13-27(24)43)29(36)30(25)37-32(38-31)41-17-23(18-41)39(4)5/h6-9,12-14,21-23,43H,10-11,15-18H2,1-5H3/t21-,22+. The third kappa shape index (κ3) is 5.27. The second kappa shape index (κ2) is 10.9. The van der Waals surface area contributed by atoms with Crippen LogP contribution in [-0.4, -0.2) is 95.0 Å². The molecule has 2 atom stereocenters. The quantitative estimate of drug-likeness (QED) is 0.281. The zero-order valence-electron chi connectivity index (χ0n) is 26.2. The number of likely N-dealkylation sites (N-methyl/N-ethyl adjacent to an activating group) is 1. The number of halogens is 2. The largest absolute Gasteiger partial charge is 0.507 e. The number of carbonyl (C=O) groups excluding carboxylic acids is 1. The number of carbonyl (C=O) groups is 1. The molecule has 236 valence electrons. The number of rotatable bonds is 4. The second-order valence-corrected chi connectivity index (χ2v) is 14.1. The van der Waals surface area contributed by atoms with Gasteiger partial charge in [0.15, 0.2) is 5.82 Å². The van der Waals surface area contributed by atoms with Crippen LogP contribution in [0.3, 0.4) is 0 Å². The summed E-state index contributed by atoms with van der Waals surface area (Å²) in [5.41, 5.74) is -0.0244. The van der Waals surface area contributed by atoms with Crippen LogP contribution in [0.4, 0.5) is 21.0 Å². The summed E-state index contributed by atoms with van der Waals surface area (Å²) in [4.78, 5) is 31.2. The summed E-state index contributed by atoms with van der Waals surface area (Å²) >= 11 is 6.86. The van der Waals surface area contributed by atoms with Crippen LogP contribution < -0.4 is 9.80 Å². The fraction of sp³-hybridized carbons (Fsp3) is 0.441. The van der Waals surface area contributed by atoms with E-state index in [1.54, 1.807) is 18.2 Å². The summed E-state index contributed by atoms with van der Waals surface area (Å²) in [6.07, 6.45) is 1.41. The molecule has 1 N–H and O–H groups in total. The second-order valence-electron chi connectivity index (χ2n) is 13.7. The van der Waals surface area contributed by atoms with E-state index in [2.05, 4.69) is 14.7 Å². The highest BCUT2D eigenvalue weighted by molar-refractivity contribution is 6.34. The minimum atomic E-state index is -0.604. The van der Waals surface area contributed by atoms with Crippen molar-refractivity contribution in [1.82, 2.24) is 19.8 Å². The number of ether oxygens (including phenoxy) is 1. The van der Waals surface area contributed by atoms with E-state index in [-0.39, 0.29) is 40.0 Å². The van der Waals surface area contributed by atoms with Gasteiger partial charge in [-0.1, -0.05) is 35.9 Å². The van der Waals surface area contributed by atoms with Crippen molar-refractivity contribution in [2.45, 2.75) is 57.3 Å². The van der Waals surface area contributed by atoms with Crippen LogP contribution in [0.15, 0.2) is 42.5 Å². The molecule has 3 fully saturated rings. The average molecular weight is 633 g/mol. The van der Waals surface area contributed by atoms with Gasteiger partial charge in [-0.2, -0.15) is 4.98 Å². The molecule has 0 saturated carbocycles. The Morgan fingerprint density at radius 1 is 1.00 bits per heavy atom. The summed E-state index contributed by atoms with van der Waals surface area (Å²) in [5.74, 6) is 0.384. The molecule has 3 aliphatic heterocycles. The summed E-state index contributed by atoms with van der Waals surface area (Å²) in [6, 6.07) is 12.9. The number of piperazine rings is 1. The van der Waals surface area contributed by atoms with Crippen molar-refractivity contribution in [1.29, 1.82) is 0 Å². The van der Waals surface area contributed by atoms with Gasteiger partial charge in [-0.15, -0.1) is 0 Å². The van der Waals surface area contributed by atoms with Crippen LogP contribution in [0, 0.1) is 5.82 Å². The van der Waals surface area contributed by atoms with E-state index in [1.165, 1.54) is 0 Å². The Morgan fingerprint density at radius 2 is 1.64 bits per heavy atom. The number of hydrogen-bond acceptors (Lipinski definition) is 8. The lowest BCUT2D eigenvalue weighted by atomic mass is 9.98. The third-order valence-electron chi connectivity index (χ3n) is 9.25. The molecule has 0 unspecified atom stereocenters. The van der Waals surface area contributed by atoms with Crippen LogP contribution in [0.5, 0.6) is 5.75 Å². The molecular weight excluding hydrogens is 595 g/mol. The van der Waals surface area contributed by atoms with Crippen molar-refractivity contribution in [3.05, 3.63) is 53.3 Å². The summed E-state index contributed by atoms with van der Waals surface area (Å²) < 4.78 is 22.5. The van der Waals surface area contributed by atoms with Gasteiger partial charge in [0.25, 0.3) is 0 Å². The van der Waals surface area contributed by atoms with Crippen LogP contribution in [0.2, 0.25) is 5.02 Å². The number of fused-ring (bicyclic) bond motifs is 4. The summed E-state index contributed by atoms with van der Waals surface area (Å²) in [6.45, 7) is 8.14. The topological polar surface area (TPSA) is 85.3 Å². The van der Waals surface area contributed by atoms with Crippen molar-refractivity contribution in [3.63, 3.8) is 0 Å². The van der Waals surface area contributed by atoms with E-state index in [9.17, 15) is 9.90 Å². The van der Waals surface area contributed by atoms with Gasteiger partial charge in [-0.05, 0) is 76.7 Å². The molecule has 9 nitrogen and oxygen atoms in total. The first kappa shape index (κ1) is 29.8. The Labute approximate surface area is 267 Å². The first-order chi connectivity index (χ1) is 21.4. The van der Waals surface area contributed by atoms with Gasteiger partial charge in [-0.25, -0.2) is 14.2 Å². The average Bonchev–Trinajstić information content (AvgIpc) is 3.21. The van der Waals surface area contributed by atoms with E-state index in [0.717, 1.165) is 36.7 Å². The number of phenolic OH excluding ortho intramolecular Hbond substituents is 1. The molecule has 0 aliphatic carbocycles. The molecule has 45 heavy (non-hydrogen) atoms. The molecule has 0 radical (unpaired) electrons. The van der Waals surface area contributed by atoms with E-state index in [1.807, 2.05) is 64.0 Å². The molecule has 1 aromatic heterocycles. The molecule has 3 aromatic carbocycles. The van der Waals surface area contributed by atoms with Gasteiger partial charge in [0.05, 0.1) is 17.1 Å². The zero-order chi connectivity index (χ0) is 31.8. The van der Waals surface area contributed by atoms with Crippen molar-refractivity contribution < 1.29 is 19.0 Å². The first-order valence-corrected chi connectivity index (χ1v) is 15.8. The highest BCUT2D eigenvalue weighted by Crippen LogP contribution is 2.44. The maximum atomic E-state index is 16.8. The van der Waals surface area contributed by atoms with Gasteiger partial charge in [0, 0.05) is 48.7 Å². The Bertz CT molecular complexity index is 1810. The molecule has 2 bridgehead atoms. The maximum absolute atomic E-state index is 16.8. The lowest BCUT2D eigenvalue weighted by Crippen LogP contribution is -2.58. The number of aromatic nitrogens is 2. The lowest BCUT2D eigenvalue weighted by Gasteiger charge is -2.44. The molecule has 3 saturated heterocycles. The fourth-order valence-corrected chi connectivity index (χ4v) is 7.15. The number of amides is 1.